The van der Waals surface area contributed by atoms with Gasteiger partial charge in [0.25, 0.3) is 0 Å². The molecule has 0 saturated heterocycles. The number of rotatable bonds is 3. The van der Waals surface area contributed by atoms with Gasteiger partial charge in [0, 0.05) is 6.92 Å². The molecule has 1 N–H and O–H groups in total. The highest BCUT2D eigenvalue weighted by Gasteiger charge is 2.09. The third kappa shape index (κ3) is 5.13. The van der Waals surface area contributed by atoms with Crippen molar-refractivity contribution < 1.29 is 14.3 Å². The number of esters is 1. The average molecular weight is 197 g/mol. The highest BCUT2D eigenvalue weighted by Crippen LogP contribution is 1.97. The van der Waals surface area contributed by atoms with Crippen LogP contribution in [0, 0.1) is 0 Å². The predicted octanol–water partition coefficient (Wildman–Crippen LogP) is 1.15. The van der Waals surface area contributed by atoms with Crippen LogP contribution in [0.2, 0.25) is 0 Å². The van der Waals surface area contributed by atoms with E-state index in [1.165, 1.54) is 20.1 Å². The summed E-state index contributed by atoms with van der Waals surface area (Å²) in [5, 5.41) is 2.39. The van der Waals surface area contributed by atoms with Gasteiger partial charge in [-0.05, 0) is 19.9 Å². The van der Waals surface area contributed by atoms with Crippen molar-refractivity contribution in [3.63, 3.8) is 0 Å². The molecule has 0 saturated carbocycles. The highest BCUT2D eigenvalue weighted by molar-refractivity contribution is 5.93. The van der Waals surface area contributed by atoms with E-state index in [9.17, 15) is 9.59 Å². The number of carbonyl (C=O) groups excluding carboxylic acids is 2. The summed E-state index contributed by atoms with van der Waals surface area (Å²) < 4.78 is 4.49. The fraction of sp³-hybridized carbons (Fsp3) is 0.400. The molecular formula is C10H15NO3. The van der Waals surface area contributed by atoms with E-state index in [1.54, 1.807) is 6.08 Å². The molecule has 0 bridgehead atoms. The lowest BCUT2D eigenvalue weighted by Crippen LogP contribution is -2.25. The summed E-state index contributed by atoms with van der Waals surface area (Å²) in [6.07, 6.45) is 3.24. The zero-order chi connectivity index (χ0) is 11.1. The van der Waals surface area contributed by atoms with Crippen molar-refractivity contribution in [2.75, 3.05) is 7.11 Å². The number of ether oxygens (including phenoxy) is 1. The van der Waals surface area contributed by atoms with Crippen molar-refractivity contribution in [3.8, 4) is 0 Å². The normalized spacial score (nSPS) is 10.4. The number of carbonyl (C=O) groups is 2. The van der Waals surface area contributed by atoms with Crippen LogP contribution in [0.3, 0.4) is 0 Å². The molecule has 0 spiro atoms. The van der Waals surface area contributed by atoms with Gasteiger partial charge in [-0.3, -0.25) is 4.79 Å². The number of hydrogen-bond donors (Lipinski definition) is 1. The first-order valence-corrected chi connectivity index (χ1v) is 4.18. The first kappa shape index (κ1) is 12.4. The Kier molecular flexibility index (Phi) is 5.29. The first-order valence-electron chi connectivity index (χ1n) is 4.18. The van der Waals surface area contributed by atoms with Gasteiger partial charge < -0.3 is 10.1 Å². The highest BCUT2D eigenvalue weighted by atomic mass is 16.5. The van der Waals surface area contributed by atoms with E-state index in [2.05, 4.69) is 10.1 Å². The smallest absolute Gasteiger partial charge is 0.354 e. The molecule has 14 heavy (non-hydrogen) atoms. The van der Waals surface area contributed by atoms with Crippen molar-refractivity contribution in [1.29, 1.82) is 0 Å². The Labute approximate surface area is 83.6 Å². The maximum Gasteiger partial charge on any atom is 0.354 e. The van der Waals surface area contributed by atoms with Gasteiger partial charge in [0.05, 0.1) is 7.11 Å². The number of hydrogen-bond acceptors (Lipinski definition) is 3. The van der Waals surface area contributed by atoms with Gasteiger partial charge in [0.15, 0.2) is 0 Å². The Morgan fingerprint density at radius 2 is 1.71 bits per heavy atom. The van der Waals surface area contributed by atoms with Crippen LogP contribution in [-0.4, -0.2) is 19.0 Å². The summed E-state index contributed by atoms with van der Waals surface area (Å²) in [7, 11) is 1.26. The second-order valence-corrected chi connectivity index (χ2v) is 3.00. The molecule has 4 nitrogen and oxygen atoms in total. The lowest BCUT2D eigenvalue weighted by Gasteiger charge is -2.04. The average Bonchev–Trinajstić information content (AvgIpc) is 2.10. The maximum absolute atomic E-state index is 11.1. The summed E-state index contributed by atoms with van der Waals surface area (Å²) in [5.41, 5.74) is 1.16. The van der Waals surface area contributed by atoms with Crippen LogP contribution in [0.4, 0.5) is 0 Å². The summed E-state index contributed by atoms with van der Waals surface area (Å²) in [4.78, 5) is 21.9. The molecule has 4 heteroatoms. The Morgan fingerprint density at radius 3 is 2.07 bits per heavy atom. The van der Waals surface area contributed by atoms with Crippen molar-refractivity contribution in [2.24, 2.45) is 0 Å². The minimum absolute atomic E-state index is 0.140. The van der Waals surface area contributed by atoms with Crippen LogP contribution in [0.5, 0.6) is 0 Å². The molecule has 78 valence electrons. The predicted molar refractivity (Wildman–Crippen MR) is 53.3 cm³/mol. The van der Waals surface area contributed by atoms with E-state index < -0.39 is 5.97 Å². The molecule has 0 aromatic carbocycles. The third-order valence-electron chi connectivity index (χ3n) is 1.30. The fourth-order valence-electron chi connectivity index (χ4n) is 0.710. The summed E-state index contributed by atoms with van der Waals surface area (Å²) >= 11 is 0. The molecule has 0 aliphatic heterocycles. The molecule has 0 rings (SSSR count). The lowest BCUT2D eigenvalue weighted by molar-refractivity contribution is -0.137. The quantitative estimate of drug-likeness (QED) is 0.419. The van der Waals surface area contributed by atoms with Crippen LogP contribution < -0.4 is 5.32 Å². The topological polar surface area (TPSA) is 55.4 Å². The number of allylic oxidation sites excluding steroid dienone is 3. The van der Waals surface area contributed by atoms with Crippen molar-refractivity contribution >= 4 is 11.9 Å². The van der Waals surface area contributed by atoms with E-state index in [0.29, 0.717) is 0 Å². The van der Waals surface area contributed by atoms with Gasteiger partial charge in [-0.1, -0.05) is 11.6 Å². The fourth-order valence-corrected chi connectivity index (χ4v) is 0.710. The largest absolute Gasteiger partial charge is 0.464 e. The first-order chi connectivity index (χ1) is 6.47. The van der Waals surface area contributed by atoms with Crippen LogP contribution >= 0.6 is 0 Å². The van der Waals surface area contributed by atoms with Gasteiger partial charge in [-0.2, -0.15) is 0 Å². The van der Waals surface area contributed by atoms with Crippen LogP contribution in [0.1, 0.15) is 20.8 Å². The standard InChI is InChI=1S/C10H15NO3/c1-7(2)5-6-9(10(13)14-4)11-8(3)12/h5-6H,1-4H3,(H,11,12). The molecule has 0 unspecified atom stereocenters. The van der Waals surface area contributed by atoms with Gasteiger partial charge in [0.2, 0.25) is 5.91 Å². The maximum atomic E-state index is 11.1. The molecule has 1 amide bonds. The molecule has 0 heterocycles. The molecular weight excluding hydrogens is 182 g/mol. The lowest BCUT2D eigenvalue weighted by atomic mass is 10.3. The molecule has 0 aliphatic carbocycles. The van der Waals surface area contributed by atoms with E-state index in [0.717, 1.165) is 5.57 Å². The molecule has 0 aromatic rings. The monoisotopic (exact) mass is 197 g/mol. The van der Waals surface area contributed by atoms with Crippen molar-refractivity contribution in [2.45, 2.75) is 20.8 Å². The molecule has 0 fully saturated rings. The SMILES string of the molecule is COC(=O)C(=CC=C(C)C)NC(C)=O. The zero-order valence-electron chi connectivity index (χ0n) is 8.88. The number of nitrogens with one attached hydrogen (secondary N) is 1. The summed E-state index contributed by atoms with van der Waals surface area (Å²) in [6, 6.07) is 0. The van der Waals surface area contributed by atoms with Crippen LogP contribution in [-0.2, 0) is 14.3 Å². The molecule has 0 atom stereocenters. The molecule has 0 radical (unpaired) electrons. The Balaban J connectivity index is 4.71. The Bertz CT molecular complexity index is 286. The van der Waals surface area contributed by atoms with Crippen LogP contribution in [0.25, 0.3) is 0 Å². The minimum atomic E-state index is -0.558. The Morgan fingerprint density at radius 1 is 1.14 bits per heavy atom. The molecule has 0 aliphatic rings. The van der Waals surface area contributed by atoms with E-state index in [1.807, 2.05) is 13.8 Å². The third-order valence-corrected chi connectivity index (χ3v) is 1.30. The summed E-state index contributed by atoms with van der Waals surface area (Å²) in [6.45, 7) is 5.11. The number of amides is 1. The van der Waals surface area contributed by atoms with Gasteiger partial charge in [-0.25, -0.2) is 4.79 Å². The van der Waals surface area contributed by atoms with Crippen molar-refractivity contribution in [1.82, 2.24) is 5.32 Å². The van der Waals surface area contributed by atoms with Gasteiger partial charge in [0.1, 0.15) is 5.70 Å². The van der Waals surface area contributed by atoms with E-state index in [-0.39, 0.29) is 11.6 Å². The Hall–Kier alpha value is -1.58. The van der Waals surface area contributed by atoms with Crippen molar-refractivity contribution in [3.05, 3.63) is 23.4 Å². The van der Waals surface area contributed by atoms with Crippen LogP contribution in [0.15, 0.2) is 23.4 Å². The number of methoxy groups -OCH3 is 1. The second kappa shape index (κ2) is 5.96. The van der Waals surface area contributed by atoms with Gasteiger partial charge in [-0.15, -0.1) is 0 Å². The van der Waals surface area contributed by atoms with Gasteiger partial charge >= 0.3 is 5.97 Å². The minimum Gasteiger partial charge on any atom is -0.464 e. The summed E-state index contributed by atoms with van der Waals surface area (Å²) in [5.74, 6) is -0.860. The second-order valence-electron chi connectivity index (χ2n) is 3.00. The zero-order valence-corrected chi connectivity index (χ0v) is 8.88. The van der Waals surface area contributed by atoms with E-state index >= 15 is 0 Å². The van der Waals surface area contributed by atoms with E-state index in [4.69, 9.17) is 0 Å². The molecule has 0 aromatic heterocycles.